The van der Waals surface area contributed by atoms with Crippen LogP contribution in [0, 0.1) is 5.82 Å². The SMILES string of the molecule is CC1=C(C(=O)OCc2ccccc2)[C@H](c2cccc(F)c2)c2c([nH]c(=O)[nH]c2=O)N1. The number of halogens is 1. The van der Waals surface area contributed by atoms with Gasteiger partial charge in [-0.25, -0.2) is 14.0 Å². The topological polar surface area (TPSA) is 104 Å². The number of carbonyl (C=O) groups excluding carboxylic acids is 1. The highest BCUT2D eigenvalue weighted by molar-refractivity contribution is 5.94. The lowest BCUT2D eigenvalue weighted by atomic mass is 9.82. The molecular weight excluding hydrogens is 389 g/mol. The molecule has 0 spiro atoms. The molecule has 152 valence electrons. The smallest absolute Gasteiger partial charge is 0.337 e. The fraction of sp³-hybridized carbons (Fsp3) is 0.136. The zero-order chi connectivity index (χ0) is 21.3. The number of aromatic amines is 2. The maximum atomic E-state index is 14.0. The van der Waals surface area contributed by atoms with Crippen LogP contribution in [0.2, 0.25) is 0 Å². The normalized spacial score (nSPS) is 15.3. The Balaban J connectivity index is 1.80. The summed E-state index contributed by atoms with van der Waals surface area (Å²) in [7, 11) is 0. The molecule has 0 amide bonds. The molecule has 0 saturated heterocycles. The number of nitrogens with one attached hydrogen (secondary N) is 3. The summed E-state index contributed by atoms with van der Waals surface area (Å²) < 4.78 is 19.4. The van der Waals surface area contributed by atoms with Crippen LogP contribution >= 0.6 is 0 Å². The highest BCUT2D eigenvalue weighted by Gasteiger charge is 2.36. The van der Waals surface area contributed by atoms with Gasteiger partial charge < -0.3 is 10.1 Å². The molecule has 0 unspecified atom stereocenters. The summed E-state index contributed by atoms with van der Waals surface area (Å²) >= 11 is 0. The second-order valence-corrected chi connectivity index (χ2v) is 6.91. The van der Waals surface area contributed by atoms with E-state index in [0.717, 1.165) is 5.56 Å². The predicted octanol–water partition coefficient (Wildman–Crippen LogP) is 2.78. The van der Waals surface area contributed by atoms with Gasteiger partial charge in [0.2, 0.25) is 0 Å². The summed E-state index contributed by atoms with van der Waals surface area (Å²) in [4.78, 5) is 42.1. The highest BCUT2D eigenvalue weighted by atomic mass is 19.1. The lowest BCUT2D eigenvalue weighted by Crippen LogP contribution is -2.35. The van der Waals surface area contributed by atoms with E-state index in [1.165, 1.54) is 18.2 Å². The maximum Gasteiger partial charge on any atom is 0.337 e. The van der Waals surface area contributed by atoms with Crippen LogP contribution in [-0.4, -0.2) is 15.9 Å². The van der Waals surface area contributed by atoms with Crippen LogP contribution in [0.25, 0.3) is 0 Å². The van der Waals surface area contributed by atoms with Crippen LogP contribution in [0.5, 0.6) is 0 Å². The van der Waals surface area contributed by atoms with Gasteiger partial charge in [0.1, 0.15) is 18.2 Å². The van der Waals surface area contributed by atoms with Crippen molar-refractivity contribution in [1.82, 2.24) is 9.97 Å². The first kappa shape index (κ1) is 19.4. The van der Waals surface area contributed by atoms with Crippen molar-refractivity contribution in [3.8, 4) is 0 Å². The third-order valence-electron chi connectivity index (χ3n) is 4.89. The Morgan fingerprint density at radius 2 is 1.83 bits per heavy atom. The van der Waals surface area contributed by atoms with E-state index < -0.39 is 29.0 Å². The molecule has 1 atom stereocenters. The Kier molecular flexibility index (Phi) is 5.05. The van der Waals surface area contributed by atoms with Gasteiger partial charge in [0, 0.05) is 5.70 Å². The van der Waals surface area contributed by atoms with E-state index in [9.17, 15) is 18.8 Å². The molecular formula is C22H18FN3O4. The number of H-pyrrole nitrogens is 2. The van der Waals surface area contributed by atoms with Crippen molar-refractivity contribution >= 4 is 11.8 Å². The van der Waals surface area contributed by atoms with Crippen LogP contribution in [0.15, 0.2) is 75.5 Å². The molecule has 0 radical (unpaired) electrons. The third-order valence-corrected chi connectivity index (χ3v) is 4.89. The van der Waals surface area contributed by atoms with E-state index in [-0.39, 0.29) is 23.6 Å². The molecule has 1 aliphatic rings. The van der Waals surface area contributed by atoms with Gasteiger partial charge in [-0.15, -0.1) is 0 Å². The summed E-state index contributed by atoms with van der Waals surface area (Å²) in [6, 6.07) is 14.8. The number of hydrogen-bond acceptors (Lipinski definition) is 5. The summed E-state index contributed by atoms with van der Waals surface area (Å²) in [6.07, 6.45) is 0. The standard InChI is InChI=1S/C22H18FN3O4/c1-12-16(21(28)30-11-13-6-3-2-4-7-13)17(14-8-5-9-15(23)10-14)18-19(24-12)25-22(29)26-20(18)27/h2-10,17H,11H2,1H3,(H3,24,25,26,27,29)/t17-/m0/s1. The van der Waals surface area contributed by atoms with Crippen molar-refractivity contribution in [3.05, 3.63) is 109 Å². The van der Waals surface area contributed by atoms with E-state index in [4.69, 9.17) is 4.74 Å². The van der Waals surface area contributed by atoms with Crippen LogP contribution in [0.4, 0.5) is 10.2 Å². The molecule has 0 bridgehead atoms. The Morgan fingerprint density at radius 3 is 2.57 bits per heavy atom. The Hall–Kier alpha value is -3.94. The van der Waals surface area contributed by atoms with E-state index in [1.807, 2.05) is 30.3 Å². The van der Waals surface area contributed by atoms with E-state index in [2.05, 4.69) is 15.3 Å². The molecule has 30 heavy (non-hydrogen) atoms. The molecule has 0 aliphatic carbocycles. The molecule has 2 heterocycles. The number of carbonyl (C=O) groups is 1. The molecule has 8 heteroatoms. The van der Waals surface area contributed by atoms with Gasteiger partial charge >= 0.3 is 11.7 Å². The van der Waals surface area contributed by atoms with Crippen molar-refractivity contribution in [3.63, 3.8) is 0 Å². The van der Waals surface area contributed by atoms with Crippen molar-refractivity contribution < 1.29 is 13.9 Å². The number of fused-ring (bicyclic) bond motifs is 1. The van der Waals surface area contributed by atoms with Crippen molar-refractivity contribution in [1.29, 1.82) is 0 Å². The largest absolute Gasteiger partial charge is 0.457 e. The number of anilines is 1. The zero-order valence-corrected chi connectivity index (χ0v) is 16.0. The van der Waals surface area contributed by atoms with Crippen molar-refractivity contribution in [2.75, 3.05) is 5.32 Å². The Morgan fingerprint density at radius 1 is 1.07 bits per heavy atom. The highest BCUT2D eigenvalue weighted by Crippen LogP contribution is 2.39. The first-order valence-corrected chi connectivity index (χ1v) is 9.25. The molecule has 3 N–H and O–H groups in total. The molecule has 0 saturated carbocycles. The average molecular weight is 407 g/mol. The van der Waals surface area contributed by atoms with Crippen LogP contribution < -0.4 is 16.6 Å². The quantitative estimate of drug-likeness (QED) is 0.577. The lowest BCUT2D eigenvalue weighted by molar-refractivity contribution is -0.140. The average Bonchev–Trinajstić information content (AvgIpc) is 2.71. The minimum absolute atomic E-state index is 0.0428. The minimum Gasteiger partial charge on any atom is -0.457 e. The molecule has 2 aromatic carbocycles. The molecule has 0 fully saturated rings. The monoisotopic (exact) mass is 407 g/mol. The first-order chi connectivity index (χ1) is 14.4. The molecule has 3 aromatic rings. The first-order valence-electron chi connectivity index (χ1n) is 9.25. The number of rotatable bonds is 4. The second-order valence-electron chi connectivity index (χ2n) is 6.91. The van der Waals surface area contributed by atoms with Gasteiger partial charge in [-0.1, -0.05) is 42.5 Å². The minimum atomic E-state index is -0.916. The Bertz CT molecular complexity index is 1260. The fourth-order valence-electron chi connectivity index (χ4n) is 3.58. The van der Waals surface area contributed by atoms with E-state index in [1.54, 1.807) is 13.0 Å². The molecule has 1 aromatic heterocycles. The summed E-state index contributed by atoms with van der Waals surface area (Å²) in [5.41, 5.74) is 0.512. The predicted molar refractivity (Wildman–Crippen MR) is 108 cm³/mol. The number of esters is 1. The number of benzene rings is 2. The van der Waals surface area contributed by atoms with E-state index >= 15 is 0 Å². The van der Waals surface area contributed by atoms with Crippen LogP contribution in [-0.2, 0) is 16.1 Å². The molecule has 1 aliphatic heterocycles. The van der Waals surface area contributed by atoms with Gasteiger partial charge in [0.15, 0.2) is 0 Å². The molecule has 4 rings (SSSR count). The fourth-order valence-corrected chi connectivity index (χ4v) is 3.58. The maximum absolute atomic E-state index is 14.0. The third kappa shape index (κ3) is 3.67. The van der Waals surface area contributed by atoms with Crippen molar-refractivity contribution in [2.45, 2.75) is 19.4 Å². The number of allylic oxidation sites excluding steroid dienone is 1. The second kappa shape index (κ2) is 7.82. The van der Waals surface area contributed by atoms with E-state index in [0.29, 0.717) is 11.3 Å². The number of hydrogen-bond donors (Lipinski definition) is 3. The summed E-state index contributed by atoms with van der Waals surface area (Å²) in [5.74, 6) is -1.91. The van der Waals surface area contributed by atoms with Gasteiger partial charge in [-0.05, 0) is 30.2 Å². The number of aromatic nitrogens is 2. The van der Waals surface area contributed by atoms with Gasteiger partial charge in [0.25, 0.3) is 5.56 Å². The van der Waals surface area contributed by atoms with Crippen LogP contribution in [0.1, 0.15) is 29.5 Å². The number of ether oxygens (including phenoxy) is 1. The van der Waals surface area contributed by atoms with Gasteiger partial charge in [-0.2, -0.15) is 0 Å². The van der Waals surface area contributed by atoms with Gasteiger partial charge in [0.05, 0.1) is 17.1 Å². The summed E-state index contributed by atoms with van der Waals surface area (Å²) in [6.45, 7) is 1.68. The van der Waals surface area contributed by atoms with Gasteiger partial charge in [-0.3, -0.25) is 14.8 Å². The lowest BCUT2D eigenvalue weighted by Gasteiger charge is -2.28. The molecule has 7 nitrogen and oxygen atoms in total. The zero-order valence-electron chi connectivity index (χ0n) is 16.0. The van der Waals surface area contributed by atoms with Crippen LogP contribution in [0.3, 0.4) is 0 Å². The summed E-state index contributed by atoms with van der Waals surface area (Å²) in [5, 5.41) is 2.89. The Labute approximate surface area is 170 Å². The van der Waals surface area contributed by atoms with Crippen molar-refractivity contribution in [2.24, 2.45) is 0 Å².